The first-order valence-electron chi connectivity index (χ1n) is 17.2. The van der Waals surface area contributed by atoms with Crippen molar-refractivity contribution >= 4 is 24.4 Å². The number of nitrogens with zero attached hydrogens (tertiary/aromatic N) is 2. The van der Waals surface area contributed by atoms with Crippen LogP contribution in [0.15, 0.2) is 24.3 Å². The molecule has 2 saturated heterocycles. The predicted octanol–water partition coefficient (Wildman–Crippen LogP) is 6.59. The smallest absolute Gasteiger partial charge is 0.497 e. The fourth-order valence-electron chi connectivity index (χ4n) is 6.42. The Morgan fingerprint density at radius 2 is 1.41 bits per heavy atom. The van der Waals surface area contributed by atoms with Crippen LogP contribution in [0.1, 0.15) is 100.0 Å². The third kappa shape index (κ3) is 10.5. The van der Waals surface area contributed by atoms with Gasteiger partial charge in [-0.25, -0.2) is 19.2 Å². The van der Waals surface area contributed by atoms with Crippen LogP contribution in [-0.4, -0.2) is 101 Å². The van der Waals surface area contributed by atoms with Gasteiger partial charge in [0, 0.05) is 18.1 Å². The van der Waals surface area contributed by atoms with Crippen LogP contribution >= 0.6 is 0 Å². The van der Waals surface area contributed by atoms with Crippen LogP contribution in [0.3, 0.4) is 0 Å². The summed E-state index contributed by atoms with van der Waals surface area (Å²) in [7, 11) is 1.57. The van der Waals surface area contributed by atoms with Gasteiger partial charge < -0.3 is 33.7 Å². The minimum absolute atomic E-state index is 0.0814. The second kappa shape index (κ2) is 14.5. The highest BCUT2D eigenvalue weighted by molar-refractivity contribution is 5.72. The fraction of sp³-hybridized carbons (Fsp3) is 0.722. The molecular formula is C36H55N3O10. The van der Waals surface area contributed by atoms with Crippen LogP contribution in [0, 0.1) is 0 Å². The first kappa shape index (κ1) is 37.9. The van der Waals surface area contributed by atoms with Crippen molar-refractivity contribution in [1.29, 1.82) is 0 Å². The van der Waals surface area contributed by atoms with Gasteiger partial charge in [-0.15, -0.1) is 0 Å². The summed E-state index contributed by atoms with van der Waals surface area (Å²) in [6, 6.07) is 6.49. The van der Waals surface area contributed by atoms with E-state index in [0.717, 1.165) is 31.2 Å². The average Bonchev–Trinajstić information content (AvgIpc) is 3.53. The van der Waals surface area contributed by atoms with E-state index in [9.17, 15) is 19.2 Å². The van der Waals surface area contributed by atoms with Gasteiger partial charge in [-0.1, -0.05) is 12.1 Å². The first-order valence-corrected chi connectivity index (χ1v) is 17.2. The van der Waals surface area contributed by atoms with Crippen LogP contribution in [-0.2, 0) is 30.1 Å². The van der Waals surface area contributed by atoms with Gasteiger partial charge in [-0.05, 0) is 119 Å². The van der Waals surface area contributed by atoms with Gasteiger partial charge in [0.25, 0.3) is 0 Å². The van der Waals surface area contributed by atoms with Crippen LogP contribution in [0.25, 0.3) is 0 Å². The van der Waals surface area contributed by atoms with Crippen molar-refractivity contribution in [2.45, 2.75) is 147 Å². The van der Waals surface area contributed by atoms with E-state index < -0.39 is 53.4 Å². The molecule has 4 rings (SSSR count). The lowest BCUT2D eigenvalue weighted by Crippen LogP contribution is -2.47. The van der Waals surface area contributed by atoms with Gasteiger partial charge in [0.15, 0.2) is 12.2 Å². The number of likely N-dealkylation sites (tertiary alicyclic amines) is 2. The summed E-state index contributed by atoms with van der Waals surface area (Å²) in [5, 5.41) is 2.82. The molecule has 0 radical (unpaired) electrons. The molecule has 1 aromatic rings. The van der Waals surface area contributed by atoms with Crippen molar-refractivity contribution in [1.82, 2.24) is 15.1 Å². The monoisotopic (exact) mass is 689 g/mol. The predicted molar refractivity (Wildman–Crippen MR) is 180 cm³/mol. The maximum Gasteiger partial charge on any atom is 0.509 e. The van der Waals surface area contributed by atoms with E-state index in [1.807, 2.05) is 37.8 Å². The van der Waals surface area contributed by atoms with E-state index in [-0.39, 0.29) is 37.2 Å². The van der Waals surface area contributed by atoms with Crippen LogP contribution in [0.4, 0.5) is 19.2 Å². The average molecular weight is 690 g/mol. The molecule has 1 aromatic carbocycles. The van der Waals surface area contributed by atoms with E-state index in [0.29, 0.717) is 12.2 Å². The normalized spacial score (nSPS) is 23.1. The Kier molecular flexibility index (Phi) is 11.2. The van der Waals surface area contributed by atoms with Crippen molar-refractivity contribution in [2.24, 2.45) is 0 Å². The van der Waals surface area contributed by atoms with Crippen molar-refractivity contribution in [3.8, 4) is 5.75 Å². The Bertz CT molecular complexity index is 1340. The Hall–Kier alpha value is -3.90. The highest BCUT2D eigenvalue weighted by atomic mass is 16.7. The summed E-state index contributed by atoms with van der Waals surface area (Å²) < 4.78 is 33.8. The molecule has 2 heterocycles. The van der Waals surface area contributed by atoms with Crippen molar-refractivity contribution < 1.29 is 47.6 Å². The number of amides is 3. The summed E-state index contributed by atoms with van der Waals surface area (Å²) >= 11 is 0. The molecule has 1 aliphatic carbocycles. The second-order valence-electron chi connectivity index (χ2n) is 16.2. The lowest BCUT2D eigenvalue weighted by Gasteiger charge is -2.33. The molecule has 2 aliphatic heterocycles. The van der Waals surface area contributed by atoms with Crippen LogP contribution in [0.5, 0.6) is 5.75 Å². The van der Waals surface area contributed by atoms with E-state index in [4.69, 9.17) is 28.4 Å². The molecular weight excluding hydrogens is 634 g/mol. The minimum Gasteiger partial charge on any atom is -0.497 e. The Balaban J connectivity index is 1.51. The molecule has 49 heavy (non-hydrogen) atoms. The van der Waals surface area contributed by atoms with Gasteiger partial charge in [0.05, 0.1) is 19.7 Å². The van der Waals surface area contributed by atoms with E-state index in [1.165, 1.54) is 4.90 Å². The molecule has 13 heteroatoms. The fourth-order valence-corrected chi connectivity index (χ4v) is 6.42. The van der Waals surface area contributed by atoms with Gasteiger partial charge in [-0.2, -0.15) is 0 Å². The lowest BCUT2D eigenvalue weighted by molar-refractivity contribution is -0.0518. The number of rotatable bonds is 8. The third-order valence-corrected chi connectivity index (χ3v) is 8.62. The topological polar surface area (TPSA) is 142 Å². The van der Waals surface area contributed by atoms with E-state index in [2.05, 4.69) is 5.32 Å². The zero-order chi connectivity index (χ0) is 36.4. The summed E-state index contributed by atoms with van der Waals surface area (Å²) in [6.45, 7) is 16.1. The second-order valence-corrected chi connectivity index (χ2v) is 16.2. The van der Waals surface area contributed by atoms with Gasteiger partial charge >= 0.3 is 24.4 Å². The highest BCUT2D eigenvalue weighted by Crippen LogP contribution is 2.52. The highest BCUT2D eigenvalue weighted by Gasteiger charge is 2.57. The maximum atomic E-state index is 13.5. The molecule has 0 unspecified atom stereocenters. The molecule has 0 bridgehead atoms. The number of ether oxygens (including phenoxy) is 6. The first-order chi connectivity index (χ1) is 22.7. The molecule has 13 nitrogen and oxygen atoms in total. The zero-order valence-corrected chi connectivity index (χ0v) is 30.8. The van der Waals surface area contributed by atoms with Crippen LogP contribution in [0.2, 0.25) is 0 Å². The van der Waals surface area contributed by atoms with Crippen molar-refractivity contribution in [3.63, 3.8) is 0 Å². The molecule has 3 fully saturated rings. The van der Waals surface area contributed by atoms with Gasteiger partial charge in [-0.3, -0.25) is 9.80 Å². The molecule has 3 aliphatic rings. The summed E-state index contributed by atoms with van der Waals surface area (Å²) in [6.07, 6.45) is -0.340. The molecule has 3 amide bonds. The Labute approximate surface area is 290 Å². The number of nitrogens with one attached hydrogen (secondary N) is 1. The van der Waals surface area contributed by atoms with Crippen molar-refractivity contribution in [2.75, 3.05) is 20.2 Å². The molecule has 1 saturated carbocycles. The summed E-state index contributed by atoms with van der Waals surface area (Å²) in [4.78, 5) is 56.2. The quantitative estimate of drug-likeness (QED) is 0.235. The Morgan fingerprint density at radius 1 is 0.816 bits per heavy atom. The van der Waals surface area contributed by atoms with Gasteiger partial charge in [0.2, 0.25) is 0 Å². The van der Waals surface area contributed by atoms with E-state index in [1.54, 1.807) is 60.8 Å². The largest absolute Gasteiger partial charge is 0.509 e. The molecule has 1 N–H and O–H groups in total. The number of alkyl carbamates (subject to hydrolysis) is 1. The number of hydrogen-bond donors (Lipinski definition) is 1. The van der Waals surface area contributed by atoms with Crippen molar-refractivity contribution in [3.05, 3.63) is 29.8 Å². The lowest BCUT2D eigenvalue weighted by atomic mass is 10.0. The number of methoxy groups -OCH3 is 1. The van der Waals surface area contributed by atoms with Gasteiger partial charge in [0.1, 0.15) is 22.6 Å². The third-order valence-electron chi connectivity index (χ3n) is 8.62. The maximum absolute atomic E-state index is 13.5. The molecule has 0 aromatic heterocycles. The number of hydrogen-bond acceptors (Lipinski definition) is 10. The molecule has 274 valence electrons. The van der Waals surface area contributed by atoms with Crippen LogP contribution < -0.4 is 10.1 Å². The standard InChI is InChI=1S/C36H55N3O10/c1-33(2,3)47-30(41)38-22-27(45-32(43)49-35(7,8)9)28(26(38)21-23-11-13-25(44-10)14-12-23)46-29(40)37-20-16-24-15-17-36(18-19-36)39(24)31(42)48-34(4,5)6/h11-14,24,26-28H,15-22H2,1-10H3,(H,37,40)/t24-,26-,27+,28+/m1/s1. The zero-order valence-electron chi connectivity index (χ0n) is 30.8. The number of benzene rings is 1. The minimum atomic E-state index is -1.05. The Morgan fingerprint density at radius 3 is 1.96 bits per heavy atom. The number of carbonyl (C=O) groups is 4. The van der Waals surface area contributed by atoms with E-state index >= 15 is 0 Å². The SMILES string of the molecule is COc1ccc(C[C@@H]2[C@H](OC(=O)NCC[C@H]3CCC4(CC4)N3C(=O)OC(C)(C)C)[C@@H](OC(=O)OC(C)(C)C)CN2C(=O)OC(C)(C)C)cc1. The summed E-state index contributed by atoms with van der Waals surface area (Å²) in [5.41, 5.74) is -1.56. The number of carbonyl (C=O) groups excluding carboxylic acids is 4. The molecule has 4 atom stereocenters. The molecule has 1 spiro atoms. The summed E-state index contributed by atoms with van der Waals surface area (Å²) in [5.74, 6) is 0.664.